The summed E-state index contributed by atoms with van der Waals surface area (Å²) in [4.78, 5) is 16.9. The summed E-state index contributed by atoms with van der Waals surface area (Å²) < 4.78 is 0. The lowest BCUT2D eigenvalue weighted by Gasteiger charge is -1.98. The minimum atomic E-state index is 0.932. The van der Waals surface area contributed by atoms with Crippen molar-refractivity contribution < 1.29 is 0 Å². The normalized spacial score (nSPS) is 12.6. The summed E-state index contributed by atoms with van der Waals surface area (Å²) in [6.45, 7) is 0. The quantitative estimate of drug-likeness (QED) is 0.264. The van der Waals surface area contributed by atoms with Crippen molar-refractivity contribution in [2.75, 3.05) is 0 Å². The Balaban J connectivity index is 1.63. The Bertz CT molecular complexity index is 1980. The van der Waals surface area contributed by atoms with E-state index in [0.717, 1.165) is 44.5 Å². The van der Waals surface area contributed by atoms with Gasteiger partial charge in [0, 0.05) is 32.5 Å². The Morgan fingerprint density at radius 2 is 1.00 bits per heavy atom. The van der Waals surface area contributed by atoms with Crippen LogP contribution in [0.15, 0.2) is 84.9 Å². The molecule has 2 aromatic carbocycles. The molecular formula is C30H18N4. The van der Waals surface area contributed by atoms with E-state index >= 15 is 0 Å². The minimum Gasteiger partial charge on any atom is -0.355 e. The van der Waals surface area contributed by atoms with Crippen molar-refractivity contribution in [3.63, 3.8) is 0 Å². The molecule has 8 rings (SSSR count). The summed E-state index contributed by atoms with van der Waals surface area (Å²) in [5.74, 6) is 0. The molecule has 158 valence electrons. The first-order valence-corrected chi connectivity index (χ1v) is 11.4. The maximum Gasteiger partial charge on any atom is 0.0743 e. The van der Waals surface area contributed by atoms with Crippen molar-refractivity contribution in [3.8, 4) is 0 Å². The average Bonchev–Trinajstić information content (AvgIpc) is 3.65. The van der Waals surface area contributed by atoms with E-state index in [-0.39, 0.29) is 0 Å². The van der Waals surface area contributed by atoms with Gasteiger partial charge in [0.05, 0.1) is 22.4 Å². The van der Waals surface area contributed by atoms with Gasteiger partial charge in [-0.3, -0.25) is 0 Å². The van der Waals surface area contributed by atoms with E-state index in [1.165, 1.54) is 32.0 Å². The Morgan fingerprint density at radius 3 is 1.53 bits per heavy atom. The molecule has 0 radical (unpaired) electrons. The number of aromatic nitrogens is 4. The van der Waals surface area contributed by atoms with Gasteiger partial charge >= 0.3 is 0 Å². The Labute approximate surface area is 193 Å². The number of nitrogens with one attached hydrogen (secondary N) is 2. The molecule has 5 aromatic rings. The number of hydrogen-bond acceptors (Lipinski definition) is 2. The molecule has 2 aliphatic heterocycles. The zero-order chi connectivity index (χ0) is 22.2. The molecule has 0 fully saturated rings. The fourth-order valence-corrected chi connectivity index (χ4v) is 5.37. The molecule has 5 heterocycles. The predicted molar refractivity (Wildman–Crippen MR) is 140 cm³/mol. The third kappa shape index (κ3) is 2.54. The lowest BCUT2D eigenvalue weighted by Crippen LogP contribution is -1.75. The van der Waals surface area contributed by atoms with Gasteiger partial charge in [-0.15, -0.1) is 0 Å². The molecule has 0 saturated heterocycles. The SMILES string of the molecule is C1=Cc2cc3ccc(cc4nc(cc5ccc(cc1n2)[nH]5)c1c2cccc5cccc(c4=1)c52)[nH]3. The molecule has 3 aliphatic rings. The van der Waals surface area contributed by atoms with Crippen molar-refractivity contribution >= 4 is 66.8 Å². The highest BCUT2D eigenvalue weighted by molar-refractivity contribution is 6.14. The summed E-state index contributed by atoms with van der Waals surface area (Å²) in [5, 5.41) is 7.51. The molecule has 8 bridgehead atoms. The maximum absolute atomic E-state index is 5.14. The number of hydrogen-bond donors (Lipinski definition) is 2. The molecule has 4 nitrogen and oxygen atoms in total. The fraction of sp³-hybridized carbons (Fsp3) is 0. The predicted octanol–water partition coefficient (Wildman–Crippen LogP) is 7.23. The van der Waals surface area contributed by atoms with E-state index in [1.807, 2.05) is 12.2 Å². The van der Waals surface area contributed by atoms with Gasteiger partial charge in [0.25, 0.3) is 0 Å². The summed E-state index contributed by atoms with van der Waals surface area (Å²) in [6, 6.07) is 29.9. The number of H-pyrrole nitrogens is 2. The smallest absolute Gasteiger partial charge is 0.0743 e. The molecule has 0 saturated carbocycles. The standard InChI is InChI=1S/C30H18N4/c1-3-17-4-2-6-25-28(17)24(5-1)29-26-15-22-11-9-20(32-22)13-18-7-8-19(31-18)14-21-10-12-23(33-21)16-27(34-26)30(25)29/h1-16,32-33H. The van der Waals surface area contributed by atoms with Gasteiger partial charge in [-0.05, 0) is 82.2 Å². The van der Waals surface area contributed by atoms with Gasteiger partial charge < -0.3 is 9.97 Å². The van der Waals surface area contributed by atoms with Crippen LogP contribution in [0.25, 0.3) is 66.8 Å². The monoisotopic (exact) mass is 434 g/mol. The van der Waals surface area contributed by atoms with E-state index < -0.39 is 0 Å². The summed E-state index contributed by atoms with van der Waals surface area (Å²) >= 11 is 0. The summed E-state index contributed by atoms with van der Waals surface area (Å²) in [7, 11) is 0. The Kier molecular flexibility index (Phi) is 3.36. The van der Waals surface area contributed by atoms with Crippen molar-refractivity contribution in [1.82, 2.24) is 19.9 Å². The molecule has 4 heteroatoms. The van der Waals surface area contributed by atoms with Gasteiger partial charge in [0.15, 0.2) is 0 Å². The molecule has 34 heavy (non-hydrogen) atoms. The van der Waals surface area contributed by atoms with Crippen LogP contribution in [-0.2, 0) is 0 Å². The first-order valence-electron chi connectivity index (χ1n) is 11.4. The van der Waals surface area contributed by atoms with Crippen molar-refractivity contribution in [2.45, 2.75) is 0 Å². The van der Waals surface area contributed by atoms with Crippen LogP contribution in [0.1, 0.15) is 11.4 Å². The summed E-state index contributed by atoms with van der Waals surface area (Å²) in [6.07, 6.45) is 4.08. The Morgan fingerprint density at radius 1 is 0.500 bits per heavy atom. The summed E-state index contributed by atoms with van der Waals surface area (Å²) in [5.41, 5.74) is 7.91. The zero-order valence-corrected chi connectivity index (χ0v) is 18.1. The van der Waals surface area contributed by atoms with E-state index in [9.17, 15) is 0 Å². The third-order valence-electron chi connectivity index (χ3n) is 6.78. The largest absolute Gasteiger partial charge is 0.355 e. The number of aromatic amines is 2. The van der Waals surface area contributed by atoms with Gasteiger partial charge in [0.2, 0.25) is 0 Å². The highest BCUT2D eigenvalue weighted by Gasteiger charge is 2.13. The lowest BCUT2D eigenvalue weighted by molar-refractivity contribution is 1.32. The van der Waals surface area contributed by atoms with Crippen molar-refractivity contribution in [2.24, 2.45) is 0 Å². The number of fused-ring (bicyclic) bond motifs is 12. The van der Waals surface area contributed by atoms with Crippen molar-refractivity contribution in [3.05, 3.63) is 107 Å². The molecule has 2 N–H and O–H groups in total. The van der Waals surface area contributed by atoms with E-state index in [0.29, 0.717) is 0 Å². The van der Waals surface area contributed by atoms with Crippen molar-refractivity contribution in [1.29, 1.82) is 0 Å². The second-order valence-electron chi connectivity index (χ2n) is 8.95. The van der Waals surface area contributed by atoms with Crippen LogP contribution in [0.3, 0.4) is 0 Å². The van der Waals surface area contributed by atoms with Crippen LogP contribution >= 0.6 is 0 Å². The molecule has 0 amide bonds. The number of nitrogens with zero attached hydrogens (tertiary/aromatic N) is 2. The lowest BCUT2D eigenvalue weighted by atomic mass is 10.1. The zero-order valence-electron chi connectivity index (χ0n) is 18.1. The second kappa shape index (κ2) is 6.42. The highest BCUT2D eigenvalue weighted by atomic mass is 14.8. The van der Waals surface area contributed by atoms with Crippen LogP contribution < -0.4 is 0 Å². The molecular weight excluding hydrogens is 416 g/mol. The van der Waals surface area contributed by atoms with Crippen LogP contribution in [0.4, 0.5) is 0 Å². The second-order valence-corrected chi connectivity index (χ2v) is 8.95. The van der Waals surface area contributed by atoms with Gasteiger partial charge in [-0.1, -0.05) is 36.4 Å². The average molecular weight is 435 g/mol. The third-order valence-corrected chi connectivity index (χ3v) is 6.78. The highest BCUT2D eigenvalue weighted by Crippen LogP contribution is 2.35. The van der Waals surface area contributed by atoms with Crippen LogP contribution in [0.2, 0.25) is 0 Å². The number of benzene rings is 2. The first-order chi connectivity index (χ1) is 16.8. The van der Waals surface area contributed by atoms with Gasteiger partial charge in [-0.2, -0.15) is 0 Å². The number of rotatable bonds is 0. The molecule has 3 aromatic heterocycles. The first kappa shape index (κ1) is 17.8. The molecule has 1 aliphatic carbocycles. The minimum absolute atomic E-state index is 0.932. The molecule has 0 spiro atoms. The van der Waals surface area contributed by atoms with Crippen LogP contribution in [-0.4, -0.2) is 19.9 Å². The molecule has 0 unspecified atom stereocenters. The van der Waals surface area contributed by atoms with Gasteiger partial charge in [-0.25, -0.2) is 9.97 Å². The van der Waals surface area contributed by atoms with Gasteiger partial charge in [0.1, 0.15) is 0 Å². The van der Waals surface area contributed by atoms with E-state index in [1.54, 1.807) is 0 Å². The van der Waals surface area contributed by atoms with Crippen LogP contribution in [0.5, 0.6) is 0 Å². The van der Waals surface area contributed by atoms with E-state index in [2.05, 4.69) is 94.9 Å². The molecule has 0 atom stereocenters. The Hall–Kier alpha value is -4.70. The maximum atomic E-state index is 5.14. The fourth-order valence-electron chi connectivity index (χ4n) is 5.37. The van der Waals surface area contributed by atoms with E-state index in [4.69, 9.17) is 9.97 Å². The topological polar surface area (TPSA) is 57.4 Å². The van der Waals surface area contributed by atoms with Crippen LogP contribution in [0, 0.1) is 10.4 Å².